The number of anilines is 1. The highest BCUT2D eigenvalue weighted by molar-refractivity contribution is 5.47. The first-order chi connectivity index (χ1) is 9.63. The maximum absolute atomic E-state index is 13.4. The molecule has 0 fully saturated rings. The molecule has 0 unspecified atom stereocenters. The molecule has 2 aromatic carbocycles. The quantitative estimate of drug-likeness (QED) is 0.869. The Bertz CT molecular complexity index is 665. The number of methoxy groups -OCH3 is 1. The fraction of sp³-hybridized carbons (Fsp3) is 0.133. The number of rotatable bonds is 4. The molecule has 0 heterocycles. The van der Waals surface area contributed by atoms with Gasteiger partial charge >= 0.3 is 0 Å². The predicted molar refractivity (Wildman–Crippen MR) is 72.9 cm³/mol. The predicted octanol–water partition coefficient (Wildman–Crippen LogP) is 2.87. The van der Waals surface area contributed by atoms with Crippen LogP contribution >= 0.6 is 0 Å². The highest BCUT2D eigenvalue weighted by Crippen LogP contribution is 2.23. The van der Waals surface area contributed by atoms with Gasteiger partial charge in [0.2, 0.25) is 0 Å². The smallest absolute Gasteiger partial charge is 0.144 e. The number of nitrogens with zero attached hydrogens (tertiary/aromatic N) is 1. The fourth-order valence-corrected chi connectivity index (χ4v) is 1.75. The van der Waals surface area contributed by atoms with Gasteiger partial charge in [0.15, 0.2) is 0 Å². The van der Waals surface area contributed by atoms with Gasteiger partial charge in [0.25, 0.3) is 0 Å². The molecule has 20 heavy (non-hydrogen) atoms. The summed E-state index contributed by atoms with van der Waals surface area (Å²) < 4.78 is 24.1. The van der Waals surface area contributed by atoms with Crippen LogP contribution in [-0.2, 0) is 6.61 Å². The zero-order chi connectivity index (χ0) is 14.5. The third kappa shape index (κ3) is 2.98. The van der Waals surface area contributed by atoms with Crippen LogP contribution in [0.5, 0.6) is 11.5 Å². The average Bonchev–Trinajstić information content (AvgIpc) is 2.45. The molecule has 0 saturated carbocycles. The topological polar surface area (TPSA) is 68.3 Å². The largest absolute Gasteiger partial charge is 0.496 e. The van der Waals surface area contributed by atoms with E-state index >= 15 is 0 Å². The van der Waals surface area contributed by atoms with Crippen LogP contribution in [-0.4, -0.2) is 7.11 Å². The number of nitriles is 1. The fourth-order valence-electron chi connectivity index (χ4n) is 1.75. The van der Waals surface area contributed by atoms with Crippen molar-refractivity contribution in [2.45, 2.75) is 6.61 Å². The highest BCUT2D eigenvalue weighted by Gasteiger charge is 2.07. The molecule has 4 nitrogen and oxygen atoms in total. The number of benzene rings is 2. The first-order valence-corrected chi connectivity index (χ1v) is 5.89. The molecule has 0 spiro atoms. The number of hydrogen-bond donors (Lipinski definition) is 1. The summed E-state index contributed by atoms with van der Waals surface area (Å²) in [5.41, 5.74) is 7.05. The molecule has 2 aromatic rings. The second-order valence-electron chi connectivity index (χ2n) is 4.11. The van der Waals surface area contributed by atoms with Crippen molar-refractivity contribution in [1.82, 2.24) is 0 Å². The van der Waals surface area contributed by atoms with Gasteiger partial charge in [-0.25, -0.2) is 4.39 Å². The molecule has 2 rings (SSSR count). The molecule has 0 aliphatic rings. The minimum Gasteiger partial charge on any atom is -0.496 e. The Hall–Kier alpha value is -2.74. The summed E-state index contributed by atoms with van der Waals surface area (Å²) >= 11 is 0. The number of ether oxygens (including phenoxy) is 2. The third-order valence-corrected chi connectivity index (χ3v) is 2.76. The minimum absolute atomic E-state index is 0.0149. The summed E-state index contributed by atoms with van der Waals surface area (Å²) in [6.07, 6.45) is 0. The lowest BCUT2D eigenvalue weighted by Crippen LogP contribution is -2.00. The summed E-state index contributed by atoms with van der Waals surface area (Å²) in [6.45, 7) is 0.194. The minimum atomic E-state index is -0.607. The van der Waals surface area contributed by atoms with E-state index in [1.165, 1.54) is 12.1 Å². The Balaban J connectivity index is 2.15. The van der Waals surface area contributed by atoms with Crippen LogP contribution in [0.25, 0.3) is 0 Å². The van der Waals surface area contributed by atoms with Gasteiger partial charge in [-0.1, -0.05) is 0 Å². The van der Waals surface area contributed by atoms with Crippen molar-refractivity contribution in [3.8, 4) is 17.6 Å². The average molecular weight is 272 g/mol. The molecule has 2 N–H and O–H groups in total. The standard InChI is InChI=1S/C15H13FN2O2/c1-19-15-5-3-12(18)6-11(15)9-20-13-4-2-10(8-17)14(16)7-13/h2-7H,9,18H2,1H3. The number of hydrogen-bond acceptors (Lipinski definition) is 4. The third-order valence-electron chi connectivity index (χ3n) is 2.76. The van der Waals surface area contributed by atoms with E-state index in [2.05, 4.69) is 0 Å². The number of nitrogen functional groups attached to an aromatic ring is 1. The van der Waals surface area contributed by atoms with E-state index in [-0.39, 0.29) is 12.2 Å². The van der Waals surface area contributed by atoms with Crippen LogP contribution in [0.4, 0.5) is 10.1 Å². The highest BCUT2D eigenvalue weighted by atomic mass is 19.1. The molecular formula is C15H13FN2O2. The van der Waals surface area contributed by atoms with Crippen LogP contribution in [0.1, 0.15) is 11.1 Å². The van der Waals surface area contributed by atoms with E-state index in [0.29, 0.717) is 17.2 Å². The molecule has 0 aliphatic carbocycles. The first kappa shape index (κ1) is 13.7. The lowest BCUT2D eigenvalue weighted by molar-refractivity contribution is 0.295. The van der Waals surface area contributed by atoms with Gasteiger partial charge < -0.3 is 15.2 Å². The second-order valence-corrected chi connectivity index (χ2v) is 4.11. The summed E-state index contributed by atoms with van der Waals surface area (Å²) in [5.74, 6) is 0.379. The van der Waals surface area contributed by atoms with E-state index in [1.54, 1.807) is 37.4 Å². The first-order valence-electron chi connectivity index (χ1n) is 5.89. The van der Waals surface area contributed by atoms with Gasteiger partial charge in [0.05, 0.1) is 12.7 Å². The van der Waals surface area contributed by atoms with Crippen LogP contribution in [0.3, 0.4) is 0 Å². The van der Waals surface area contributed by atoms with Crippen molar-refractivity contribution in [2.24, 2.45) is 0 Å². The Morgan fingerprint density at radius 1 is 1.25 bits per heavy atom. The Kier molecular flexibility index (Phi) is 4.06. The monoisotopic (exact) mass is 272 g/mol. The summed E-state index contributed by atoms with van der Waals surface area (Å²) in [6, 6.07) is 11.1. The summed E-state index contributed by atoms with van der Waals surface area (Å²) in [7, 11) is 1.55. The van der Waals surface area contributed by atoms with E-state index in [1.807, 2.05) is 0 Å². The van der Waals surface area contributed by atoms with Crippen molar-refractivity contribution >= 4 is 5.69 Å². The second kappa shape index (κ2) is 5.93. The zero-order valence-corrected chi connectivity index (χ0v) is 10.9. The van der Waals surface area contributed by atoms with Crippen molar-refractivity contribution in [3.05, 3.63) is 53.3 Å². The molecule has 0 aromatic heterocycles. The zero-order valence-electron chi connectivity index (χ0n) is 10.9. The van der Waals surface area contributed by atoms with Gasteiger partial charge in [-0.15, -0.1) is 0 Å². The van der Waals surface area contributed by atoms with Crippen molar-refractivity contribution < 1.29 is 13.9 Å². The van der Waals surface area contributed by atoms with Gasteiger partial charge in [-0.05, 0) is 30.3 Å². The molecule has 0 amide bonds. The van der Waals surface area contributed by atoms with E-state index < -0.39 is 5.82 Å². The molecule has 0 aliphatic heterocycles. The lowest BCUT2D eigenvalue weighted by Gasteiger charge is -2.11. The molecule has 102 valence electrons. The normalized spacial score (nSPS) is 9.85. The van der Waals surface area contributed by atoms with Gasteiger partial charge in [0, 0.05) is 17.3 Å². The number of nitrogens with two attached hydrogens (primary N) is 1. The Labute approximate surface area is 116 Å². The summed E-state index contributed by atoms with van der Waals surface area (Å²) in [5, 5.41) is 8.65. The molecule has 0 radical (unpaired) electrons. The van der Waals surface area contributed by atoms with Crippen LogP contribution in [0, 0.1) is 17.1 Å². The van der Waals surface area contributed by atoms with Gasteiger partial charge in [-0.2, -0.15) is 5.26 Å². The Morgan fingerprint density at radius 3 is 2.70 bits per heavy atom. The van der Waals surface area contributed by atoms with Crippen LogP contribution < -0.4 is 15.2 Å². The SMILES string of the molecule is COc1ccc(N)cc1COc1ccc(C#N)c(F)c1. The number of halogens is 1. The molecule has 5 heteroatoms. The van der Waals surface area contributed by atoms with Crippen molar-refractivity contribution in [1.29, 1.82) is 5.26 Å². The van der Waals surface area contributed by atoms with E-state index in [0.717, 1.165) is 5.56 Å². The van der Waals surface area contributed by atoms with Crippen LogP contribution in [0.15, 0.2) is 36.4 Å². The van der Waals surface area contributed by atoms with Gasteiger partial charge in [-0.3, -0.25) is 0 Å². The molecular weight excluding hydrogens is 259 g/mol. The van der Waals surface area contributed by atoms with E-state index in [4.69, 9.17) is 20.5 Å². The van der Waals surface area contributed by atoms with E-state index in [9.17, 15) is 4.39 Å². The molecule has 0 atom stereocenters. The lowest BCUT2D eigenvalue weighted by atomic mass is 10.2. The van der Waals surface area contributed by atoms with Crippen molar-refractivity contribution in [3.63, 3.8) is 0 Å². The Morgan fingerprint density at radius 2 is 2.05 bits per heavy atom. The molecule has 0 saturated heterocycles. The maximum atomic E-state index is 13.4. The van der Waals surface area contributed by atoms with Gasteiger partial charge in [0.1, 0.15) is 30.0 Å². The molecule has 0 bridgehead atoms. The van der Waals surface area contributed by atoms with Crippen LogP contribution in [0.2, 0.25) is 0 Å². The summed E-state index contributed by atoms with van der Waals surface area (Å²) in [4.78, 5) is 0. The maximum Gasteiger partial charge on any atom is 0.144 e. The van der Waals surface area contributed by atoms with Crippen molar-refractivity contribution in [2.75, 3.05) is 12.8 Å².